The number of nitrogens with zero attached hydrogens (tertiary/aromatic N) is 2. The van der Waals surface area contributed by atoms with E-state index in [-0.39, 0.29) is 11.4 Å². The van der Waals surface area contributed by atoms with Crippen molar-refractivity contribution in [1.29, 1.82) is 0 Å². The summed E-state index contributed by atoms with van der Waals surface area (Å²) in [5.41, 5.74) is 0.953. The molecular weight excluding hydrogens is 331 g/mol. The van der Waals surface area contributed by atoms with Gasteiger partial charge in [-0.1, -0.05) is 19.1 Å². The van der Waals surface area contributed by atoms with E-state index in [0.717, 1.165) is 0 Å². The van der Waals surface area contributed by atoms with Gasteiger partial charge in [0.05, 0.1) is 5.39 Å². The van der Waals surface area contributed by atoms with Crippen LogP contribution < -0.4 is 5.56 Å². The zero-order valence-electron chi connectivity index (χ0n) is 13.1. The lowest BCUT2D eigenvalue weighted by Crippen LogP contribution is -2.31. The van der Waals surface area contributed by atoms with E-state index in [0.29, 0.717) is 33.6 Å². The molecular formula is C17H15FN2O3S. The summed E-state index contributed by atoms with van der Waals surface area (Å²) < 4.78 is 14.4. The van der Waals surface area contributed by atoms with Gasteiger partial charge in [0.25, 0.3) is 5.56 Å². The van der Waals surface area contributed by atoms with Gasteiger partial charge in [0, 0.05) is 17.4 Å². The fraction of sp³-hybridized carbons (Fsp3) is 0.235. The summed E-state index contributed by atoms with van der Waals surface area (Å²) in [5, 5.41) is 11.5. The molecule has 2 heterocycles. The lowest BCUT2D eigenvalue weighted by Gasteiger charge is -2.15. The van der Waals surface area contributed by atoms with E-state index in [4.69, 9.17) is 0 Å². The minimum Gasteiger partial charge on any atom is -0.480 e. The number of benzene rings is 1. The van der Waals surface area contributed by atoms with E-state index >= 15 is 0 Å². The molecule has 0 fully saturated rings. The molecule has 0 aliphatic rings. The van der Waals surface area contributed by atoms with Gasteiger partial charge in [0.15, 0.2) is 0 Å². The molecule has 0 spiro atoms. The number of carboxylic acids is 1. The molecule has 5 nitrogen and oxygen atoms in total. The maximum Gasteiger partial charge on any atom is 0.326 e. The minimum atomic E-state index is -1.09. The van der Waals surface area contributed by atoms with Crippen molar-refractivity contribution in [2.24, 2.45) is 0 Å². The first kappa shape index (κ1) is 16.3. The Morgan fingerprint density at radius 1 is 1.38 bits per heavy atom. The molecule has 0 amide bonds. The number of hydrogen-bond acceptors (Lipinski definition) is 4. The maximum absolute atomic E-state index is 13.1. The summed E-state index contributed by atoms with van der Waals surface area (Å²) in [4.78, 5) is 29.4. The third-order valence-electron chi connectivity index (χ3n) is 3.93. The summed E-state index contributed by atoms with van der Waals surface area (Å²) in [6.45, 7) is 3.29. The largest absolute Gasteiger partial charge is 0.480 e. The number of rotatable bonds is 4. The van der Waals surface area contributed by atoms with Crippen LogP contribution in [0.25, 0.3) is 21.3 Å². The Morgan fingerprint density at radius 3 is 2.62 bits per heavy atom. The fourth-order valence-electron chi connectivity index (χ4n) is 2.65. The number of halogens is 1. The number of carbonyl (C=O) groups is 1. The van der Waals surface area contributed by atoms with Crippen LogP contribution in [0.3, 0.4) is 0 Å². The molecule has 1 atom stereocenters. The van der Waals surface area contributed by atoms with Crippen LogP contribution in [0.1, 0.15) is 25.7 Å². The maximum atomic E-state index is 13.1. The average Bonchev–Trinajstić information content (AvgIpc) is 2.99. The van der Waals surface area contributed by atoms with E-state index in [9.17, 15) is 19.1 Å². The first-order valence-corrected chi connectivity index (χ1v) is 8.33. The standard InChI is InChI=1S/C17H15FN2O3S/c1-3-13-19-15-14(16(21)20(13)9(2)17(22)23)12(8-24-15)10-4-6-11(18)7-5-10/h4-9H,3H2,1-2H3,(H,22,23). The zero-order valence-corrected chi connectivity index (χ0v) is 13.9. The van der Waals surface area contributed by atoms with Gasteiger partial charge in [0.2, 0.25) is 0 Å². The third kappa shape index (κ3) is 2.60. The molecule has 0 aliphatic carbocycles. The van der Waals surface area contributed by atoms with Crippen LogP contribution in [-0.4, -0.2) is 20.6 Å². The Hall–Kier alpha value is -2.54. The van der Waals surface area contributed by atoms with Crippen molar-refractivity contribution >= 4 is 27.5 Å². The van der Waals surface area contributed by atoms with E-state index < -0.39 is 12.0 Å². The highest BCUT2D eigenvalue weighted by Gasteiger charge is 2.22. The highest BCUT2D eigenvalue weighted by molar-refractivity contribution is 7.17. The van der Waals surface area contributed by atoms with Crippen LogP contribution in [0.4, 0.5) is 4.39 Å². The molecule has 2 aromatic heterocycles. The predicted octanol–water partition coefficient (Wildman–Crippen LogP) is 3.47. The first-order valence-electron chi connectivity index (χ1n) is 7.45. The topological polar surface area (TPSA) is 72.2 Å². The van der Waals surface area contributed by atoms with Gasteiger partial charge < -0.3 is 5.11 Å². The third-order valence-corrected chi connectivity index (χ3v) is 4.80. The smallest absolute Gasteiger partial charge is 0.326 e. The van der Waals surface area contributed by atoms with E-state index in [1.807, 2.05) is 6.92 Å². The molecule has 124 valence electrons. The van der Waals surface area contributed by atoms with Crippen molar-refractivity contribution in [3.63, 3.8) is 0 Å². The quantitative estimate of drug-likeness (QED) is 0.785. The van der Waals surface area contributed by atoms with Gasteiger partial charge in [-0.2, -0.15) is 0 Å². The van der Waals surface area contributed by atoms with E-state index in [2.05, 4.69) is 4.98 Å². The second-order valence-electron chi connectivity index (χ2n) is 5.41. The Morgan fingerprint density at radius 2 is 2.04 bits per heavy atom. The molecule has 3 rings (SSSR count). The van der Waals surface area contributed by atoms with Gasteiger partial charge in [0.1, 0.15) is 22.5 Å². The zero-order chi connectivity index (χ0) is 17.4. The highest BCUT2D eigenvalue weighted by atomic mass is 32.1. The molecule has 0 aliphatic heterocycles. The number of carboxylic acid groups (broad SMARTS) is 1. The summed E-state index contributed by atoms with van der Waals surface area (Å²) in [6.07, 6.45) is 0.451. The number of aliphatic carboxylic acids is 1. The molecule has 0 radical (unpaired) electrons. The Balaban J connectivity index is 2.32. The first-order chi connectivity index (χ1) is 11.4. The molecule has 0 saturated carbocycles. The monoisotopic (exact) mass is 346 g/mol. The van der Waals surface area contributed by atoms with E-state index in [1.165, 1.54) is 35.0 Å². The molecule has 0 bridgehead atoms. The van der Waals surface area contributed by atoms with Gasteiger partial charge in [-0.15, -0.1) is 11.3 Å². The lowest BCUT2D eigenvalue weighted by molar-refractivity contribution is -0.140. The van der Waals surface area contributed by atoms with Crippen molar-refractivity contribution in [3.05, 3.63) is 51.6 Å². The highest BCUT2D eigenvalue weighted by Crippen LogP contribution is 2.31. The average molecular weight is 346 g/mol. The summed E-state index contributed by atoms with van der Waals surface area (Å²) in [7, 11) is 0. The van der Waals surface area contributed by atoms with Crippen molar-refractivity contribution in [3.8, 4) is 11.1 Å². The predicted molar refractivity (Wildman–Crippen MR) is 91.0 cm³/mol. The van der Waals surface area contributed by atoms with Crippen molar-refractivity contribution < 1.29 is 14.3 Å². The van der Waals surface area contributed by atoms with Crippen LogP contribution in [0, 0.1) is 5.82 Å². The Bertz CT molecular complexity index is 976. The minimum absolute atomic E-state index is 0.360. The van der Waals surface area contributed by atoms with Crippen LogP contribution in [0.5, 0.6) is 0 Å². The number of aryl methyl sites for hydroxylation is 1. The SMILES string of the molecule is CCc1nc2scc(-c3ccc(F)cc3)c2c(=O)n1C(C)C(=O)O. The normalized spacial score (nSPS) is 12.5. The molecule has 0 saturated heterocycles. The number of aromatic nitrogens is 2. The summed E-state index contributed by atoms with van der Waals surface area (Å²) in [5.74, 6) is -1.01. The molecule has 7 heteroatoms. The molecule has 1 N–H and O–H groups in total. The summed E-state index contributed by atoms with van der Waals surface area (Å²) >= 11 is 1.32. The molecule has 1 unspecified atom stereocenters. The van der Waals surface area contributed by atoms with Crippen molar-refractivity contribution in [2.45, 2.75) is 26.3 Å². The fourth-order valence-corrected chi connectivity index (χ4v) is 3.60. The van der Waals surface area contributed by atoms with Gasteiger partial charge >= 0.3 is 5.97 Å². The molecule has 1 aromatic carbocycles. The van der Waals surface area contributed by atoms with Gasteiger partial charge in [-0.05, 0) is 24.6 Å². The van der Waals surface area contributed by atoms with Crippen LogP contribution >= 0.6 is 11.3 Å². The second-order valence-corrected chi connectivity index (χ2v) is 6.27. The Labute approximate surface area is 141 Å². The summed E-state index contributed by atoms with van der Waals surface area (Å²) in [6, 6.07) is 4.82. The van der Waals surface area contributed by atoms with Crippen LogP contribution in [0.2, 0.25) is 0 Å². The molecule has 3 aromatic rings. The van der Waals surface area contributed by atoms with E-state index in [1.54, 1.807) is 17.5 Å². The van der Waals surface area contributed by atoms with Crippen LogP contribution in [-0.2, 0) is 11.2 Å². The van der Waals surface area contributed by atoms with Gasteiger partial charge in [-0.3, -0.25) is 9.36 Å². The van der Waals surface area contributed by atoms with Crippen LogP contribution in [0.15, 0.2) is 34.4 Å². The van der Waals surface area contributed by atoms with Gasteiger partial charge in [-0.25, -0.2) is 14.2 Å². The number of thiophene rings is 1. The number of hydrogen-bond donors (Lipinski definition) is 1. The van der Waals surface area contributed by atoms with Crippen molar-refractivity contribution in [2.75, 3.05) is 0 Å². The van der Waals surface area contributed by atoms with Crippen molar-refractivity contribution in [1.82, 2.24) is 9.55 Å². The lowest BCUT2D eigenvalue weighted by atomic mass is 10.1. The molecule has 24 heavy (non-hydrogen) atoms. The number of fused-ring (bicyclic) bond motifs is 1. The second kappa shape index (κ2) is 6.16. The Kier molecular flexibility index (Phi) is 4.19.